The molecule has 0 bridgehead atoms. The highest BCUT2D eigenvalue weighted by atomic mass is 79.9. The summed E-state index contributed by atoms with van der Waals surface area (Å²) in [6.07, 6.45) is 0.821. The lowest BCUT2D eigenvalue weighted by Gasteiger charge is -2.11. The predicted octanol–water partition coefficient (Wildman–Crippen LogP) is 5.69. The Hall–Kier alpha value is -2.13. The van der Waals surface area contributed by atoms with E-state index in [-0.39, 0.29) is 5.97 Å². The first kappa shape index (κ1) is 15.8. The standard InChI is InChI=1S/C20H17BrO2/c1-3-14-9-8-13(2)12-18(14)23-20(22)17-11-10-15-6-4-5-7-16(15)19(17)21/h4-12H,3H2,1-2H3. The van der Waals surface area contributed by atoms with E-state index in [0.717, 1.165) is 32.8 Å². The Labute approximate surface area is 144 Å². The van der Waals surface area contributed by atoms with Crippen molar-refractivity contribution in [3.05, 3.63) is 75.8 Å². The summed E-state index contributed by atoms with van der Waals surface area (Å²) in [7, 11) is 0. The summed E-state index contributed by atoms with van der Waals surface area (Å²) in [6, 6.07) is 17.6. The van der Waals surface area contributed by atoms with E-state index in [4.69, 9.17) is 4.74 Å². The average Bonchev–Trinajstić information content (AvgIpc) is 2.55. The normalized spacial score (nSPS) is 10.7. The molecule has 3 heteroatoms. The molecule has 116 valence electrons. The van der Waals surface area contributed by atoms with Crippen molar-refractivity contribution >= 4 is 32.7 Å². The molecule has 2 nitrogen and oxygen atoms in total. The lowest BCUT2D eigenvalue weighted by Crippen LogP contribution is -2.11. The summed E-state index contributed by atoms with van der Waals surface area (Å²) in [5, 5.41) is 2.09. The average molecular weight is 369 g/mol. The van der Waals surface area contributed by atoms with Gasteiger partial charge in [-0.05, 0) is 63.3 Å². The van der Waals surface area contributed by atoms with Gasteiger partial charge in [-0.15, -0.1) is 0 Å². The van der Waals surface area contributed by atoms with E-state index in [0.29, 0.717) is 11.3 Å². The van der Waals surface area contributed by atoms with E-state index < -0.39 is 0 Å². The quantitative estimate of drug-likeness (QED) is 0.438. The van der Waals surface area contributed by atoms with Crippen LogP contribution in [0, 0.1) is 6.92 Å². The smallest absolute Gasteiger partial charge is 0.344 e. The Morgan fingerprint density at radius 3 is 2.65 bits per heavy atom. The van der Waals surface area contributed by atoms with Crippen molar-refractivity contribution in [2.24, 2.45) is 0 Å². The third-order valence-electron chi connectivity index (χ3n) is 3.89. The highest BCUT2D eigenvalue weighted by Crippen LogP contribution is 2.29. The second kappa shape index (κ2) is 6.55. The van der Waals surface area contributed by atoms with Crippen LogP contribution in [0.5, 0.6) is 5.75 Å². The predicted molar refractivity (Wildman–Crippen MR) is 97.2 cm³/mol. The Morgan fingerprint density at radius 2 is 1.87 bits per heavy atom. The number of carbonyl (C=O) groups excluding carboxylic acids is 1. The fraction of sp³-hybridized carbons (Fsp3) is 0.150. The largest absolute Gasteiger partial charge is 0.423 e. The first-order chi connectivity index (χ1) is 11.1. The maximum absolute atomic E-state index is 12.6. The molecule has 0 atom stereocenters. The van der Waals surface area contributed by atoms with Gasteiger partial charge in [-0.1, -0.05) is 49.4 Å². The first-order valence-corrected chi connectivity index (χ1v) is 8.38. The van der Waals surface area contributed by atoms with Crippen molar-refractivity contribution in [1.29, 1.82) is 0 Å². The van der Waals surface area contributed by atoms with Crippen molar-refractivity contribution in [2.45, 2.75) is 20.3 Å². The van der Waals surface area contributed by atoms with Gasteiger partial charge < -0.3 is 4.74 Å². The van der Waals surface area contributed by atoms with E-state index in [1.54, 1.807) is 6.07 Å². The molecule has 0 unspecified atom stereocenters. The number of rotatable bonds is 3. The summed E-state index contributed by atoms with van der Waals surface area (Å²) >= 11 is 3.55. The number of benzene rings is 3. The topological polar surface area (TPSA) is 26.3 Å². The molecule has 0 fully saturated rings. The molecule has 0 heterocycles. The van der Waals surface area contributed by atoms with Crippen molar-refractivity contribution in [3.8, 4) is 5.75 Å². The van der Waals surface area contributed by atoms with Gasteiger partial charge in [-0.3, -0.25) is 0 Å². The highest BCUT2D eigenvalue weighted by Gasteiger charge is 2.16. The van der Waals surface area contributed by atoms with E-state index in [9.17, 15) is 4.79 Å². The first-order valence-electron chi connectivity index (χ1n) is 7.59. The number of carbonyl (C=O) groups is 1. The fourth-order valence-corrected chi connectivity index (χ4v) is 3.25. The Bertz CT molecular complexity index is 884. The van der Waals surface area contributed by atoms with Crippen LogP contribution in [0.3, 0.4) is 0 Å². The monoisotopic (exact) mass is 368 g/mol. The molecule has 0 spiro atoms. The van der Waals surface area contributed by atoms with Crippen LogP contribution in [-0.2, 0) is 6.42 Å². The van der Waals surface area contributed by atoms with E-state index in [1.807, 2.05) is 62.4 Å². The Morgan fingerprint density at radius 1 is 1.09 bits per heavy atom. The van der Waals surface area contributed by atoms with Crippen molar-refractivity contribution in [2.75, 3.05) is 0 Å². The molecule has 3 aromatic rings. The van der Waals surface area contributed by atoms with Gasteiger partial charge in [0.05, 0.1) is 5.56 Å². The number of fused-ring (bicyclic) bond motifs is 1. The number of ether oxygens (including phenoxy) is 1. The van der Waals surface area contributed by atoms with E-state index in [2.05, 4.69) is 15.9 Å². The van der Waals surface area contributed by atoms with Gasteiger partial charge in [0.1, 0.15) is 5.75 Å². The molecule has 0 aromatic heterocycles. The van der Waals surface area contributed by atoms with Crippen molar-refractivity contribution in [1.82, 2.24) is 0 Å². The summed E-state index contributed by atoms with van der Waals surface area (Å²) in [5.74, 6) is 0.292. The van der Waals surface area contributed by atoms with Gasteiger partial charge in [-0.2, -0.15) is 0 Å². The zero-order chi connectivity index (χ0) is 16.4. The van der Waals surface area contributed by atoms with Gasteiger partial charge in [0.2, 0.25) is 0 Å². The van der Waals surface area contributed by atoms with E-state index in [1.165, 1.54) is 0 Å². The molecular formula is C20H17BrO2. The van der Waals surface area contributed by atoms with Gasteiger partial charge in [0, 0.05) is 4.47 Å². The zero-order valence-electron chi connectivity index (χ0n) is 13.1. The van der Waals surface area contributed by atoms with Crippen LogP contribution in [0.1, 0.15) is 28.4 Å². The number of hydrogen-bond donors (Lipinski definition) is 0. The third kappa shape index (κ3) is 3.15. The second-order valence-corrected chi connectivity index (χ2v) is 6.30. The minimum Gasteiger partial charge on any atom is -0.423 e. The minimum atomic E-state index is -0.345. The minimum absolute atomic E-state index is 0.345. The number of aryl methyl sites for hydroxylation is 2. The SMILES string of the molecule is CCc1ccc(C)cc1OC(=O)c1ccc2ccccc2c1Br. The summed E-state index contributed by atoms with van der Waals surface area (Å²) in [5.41, 5.74) is 2.63. The number of esters is 1. The number of halogens is 1. The van der Waals surface area contributed by atoms with Crippen LogP contribution < -0.4 is 4.74 Å². The zero-order valence-corrected chi connectivity index (χ0v) is 14.7. The van der Waals surface area contributed by atoms with E-state index >= 15 is 0 Å². The molecule has 23 heavy (non-hydrogen) atoms. The summed E-state index contributed by atoms with van der Waals surface area (Å²) in [6.45, 7) is 4.04. The molecule has 0 aliphatic carbocycles. The number of hydrogen-bond acceptors (Lipinski definition) is 2. The van der Waals surface area contributed by atoms with Crippen LogP contribution in [0.4, 0.5) is 0 Å². The van der Waals surface area contributed by atoms with Crippen LogP contribution in [0.2, 0.25) is 0 Å². The fourth-order valence-electron chi connectivity index (χ4n) is 2.59. The van der Waals surface area contributed by atoms with Crippen molar-refractivity contribution < 1.29 is 9.53 Å². The summed E-state index contributed by atoms with van der Waals surface area (Å²) in [4.78, 5) is 12.6. The maximum Gasteiger partial charge on any atom is 0.344 e. The van der Waals surface area contributed by atoms with Crippen LogP contribution in [-0.4, -0.2) is 5.97 Å². The van der Waals surface area contributed by atoms with Gasteiger partial charge in [0.15, 0.2) is 0 Å². The molecule has 0 N–H and O–H groups in total. The second-order valence-electron chi connectivity index (χ2n) is 5.50. The lowest BCUT2D eigenvalue weighted by atomic mass is 10.1. The maximum atomic E-state index is 12.6. The van der Waals surface area contributed by atoms with Crippen molar-refractivity contribution in [3.63, 3.8) is 0 Å². The van der Waals surface area contributed by atoms with Gasteiger partial charge in [-0.25, -0.2) is 4.79 Å². The Kier molecular flexibility index (Phi) is 4.49. The van der Waals surface area contributed by atoms with Gasteiger partial charge >= 0.3 is 5.97 Å². The van der Waals surface area contributed by atoms with Crippen LogP contribution in [0.15, 0.2) is 59.1 Å². The molecule has 3 rings (SSSR count). The molecular weight excluding hydrogens is 352 g/mol. The molecule has 3 aromatic carbocycles. The Balaban J connectivity index is 1.98. The molecule has 0 aliphatic rings. The lowest BCUT2D eigenvalue weighted by molar-refractivity contribution is 0.0732. The highest BCUT2D eigenvalue weighted by molar-refractivity contribution is 9.10. The van der Waals surface area contributed by atoms with Crippen LogP contribution in [0.25, 0.3) is 10.8 Å². The summed E-state index contributed by atoms with van der Waals surface area (Å²) < 4.78 is 6.43. The molecule has 0 radical (unpaired) electrons. The van der Waals surface area contributed by atoms with Gasteiger partial charge in [0.25, 0.3) is 0 Å². The molecule has 0 aliphatic heterocycles. The molecule has 0 saturated carbocycles. The molecule has 0 amide bonds. The molecule has 0 saturated heterocycles. The van der Waals surface area contributed by atoms with Crippen LogP contribution >= 0.6 is 15.9 Å². The third-order valence-corrected chi connectivity index (χ3v) is 4.74.